The van der Waals surface area contributed by atoms with Crippen molar-refractivity contribution in [2.24, 2.45) is 0 Å². The molecule has 0 aliphatic carbocycles. The summed E-state index contributed by atoms with van der Waals surface area (Å²) in [6, 6.07) is 3.07. The van der Waals surface area contributed by atoms with Crippen LogP contribution in [0, 0.1) is 0 Å². The molecular weight excluding hydrogens is 250 g/mol. The summed E-state index contributed by atoms with van der Waals surface area (Å²) in [5.41, 5.74) is 0.503. The molecule has 0 saturated carbocycles. The average Bonchev–Trinajstić information content (AvgIpc) is 2.74. The number of fused-ring (bicyclic) bond motifs is 1. The summed E-state index contributed by atoms with van der Waals surface area (Å²) in [6.07, 6.45) is 3.12. The number of halogens is 1. The molecule has 2 heterocycles. The van der Waals surface area contributed by atoms with E-state index in [9.17, 15) is 8.42 Å². The molecule has 0 amide bonds. The third kappa shape index (κ3) is 1.78. The maximum atomic E-state index is 12.0. The highest BCUT2D eigenvalue weighted by atomic mass is 35.5. The summed E-state index contributed by atoms with van der Waals surface area (Å²) < 4.78 is 25.4. The fourth-order valence-electron chi connectivity index (χ4n) is 1.24. The van der Waals surface area contributed by atoms with E-state index in [1.165, 1.54) is 10.6 Å². The quantitative estimate of drug-likeness (QED) is 0.612. The minimum Gasteiger partial charge on any atom is -0.223 e. The van der Waals surface area contributed by atoms with Gasteiger partial charge in [-0.05, 0) is 13.0 Å². The van der Waals surface area contributed by atoms with Crippen LogP contribution in [0.15, 0.2) is 29.6 Å². The highest BCUT2D eigenvalue weighted by Gasteiger charge is 2.24. The topological polar surface area (TPSA) is 64.3 Å². The predicted molar refractivity (Wildman–Crippen MR) is 60.4 cm³/mol. The van der Waals surface area contributed by atoms with Crippen LogP contribution in [-0.4, -0.2) is 34.1 Å². The number of aromatic nitrogens is 3. The first kappa shape index (κ1) is 11.3. The summed E-state index contributed by atoms with van der Waals surface area (Å²) in [5, 5.41) is 3.33. The van der Waals surface area contributed by atoms with Crippen molar-refractivity contribution >= 4 is 27.1 Å². The molecule has 0 aromatic carbocycles. The van der Waals surface area contributed by atoms with Crippen molar-refractivity contribution in [3.05, 3.63) is 24.5 Å². The SMILES string of the molecule is CC(CCl)S(=O)(=O)c1ccn2nccc2n1. The first-order chi connectivity index (χ1) is 7.55. The van der Waals surface area contributed by atoms with E-state index in [-0.39, 0.29) is 10.9 Å². The second-order valence-corrected chi connectivity index (χ2v) is 6.03. The Morgan fingerprint density at radius 1 is 1.50 bits per heavy atom. The zero-order chi connectivity index (χ0) is 11.8. The van der Waals surface area contributed by atoms with Crippen molar-refractivity contribution in [2.75, 3.05) is 5.88 Å². The lowest BCUT2D eigenvalue weighted by atomic mass is 10.6. The van der Waals surface area contributed by atoms with E-state index in [0.29, 0.717) is 5.65 Å². The summed E-state index contributed by atoms with van der Waals surface area (Å²) in [5.74, 6) is 0.0501. The van der Waals surface area contributed by atoms with Gasteiger partial charge in [-0.1, -0.05) is 0 Å². The first-order valence-electron chi connectivity index (χ1n) is 4.66. The van der Waals surface area contributed by atoms with Gasteiger partial charge in [-0.25, -0.2) is 17.9 Å². The first-order valence-corrected chi connectivity index (χ1v) is 6.74. The van der Waals surface area contributed by atoms with Gasteiger partial charge in [-0.2, -0.15) is 5.10 Å². The second-order valence-electron chi connectivity index (χ2n) is 3.41. The lowest BCUT2D eigenvalue weighted by Gasteiger charge is -2.08. The van der Waals surface area contributed by atoms with Gasteiger partial charge in [0.1, 0.15) is 0 Å². The molecule has 0 spiro atoms. The van der Waals surface area contributed by atoms with Crippen LogP contribution in [0.1, 0.15) is 6.92 Å². The van der Waals surface area contributed by atoms with Crippen LogP contribution in [0.25, 0.3) is 5.65 Å². The molecule has 1 unspecified atom stereocenters. The molecule has 0 saturated heterocycles. The number of sulfone groups is 1. The number of hydrogen-bond acceptors (Lipinski definition) is 4. The summed E-state index contributed by atoms with van der Waals surface area (Å²) in [6.45, 7) is 1.56. The van der Waals surface area contributed by atoms with Gasteiger partial charge in [0.05, 0.1) is 11.4 Å². The number of alkyl halides is 1. The lowest BCUT2D eigenvalue weighted by Crippen LogP contribution is -2.20. The standard InChI is InChI=1S/C9H10ClN3O2S/c1-7(6-10)16(14,15)9-3-5-13-8(12-9)2-4-11-13/h2-5,7H,6H2,1H3. The lowest BCUT2D eigenvalue weighted by molar-refractivity contribution is 0.584. The smallest absolute Gasteiger partial charge is 0.199 e. The second kappa shape index (κ2) is 4.03. The van der Waals surface area contributed by atoms with Gasteiger partial charge in [0.15, 0.2) is 20.5 Å². The zero-order valence-electron chi connectivity index (χ0n) is 8.54. The van der Waals surface area contributed by atoms with E-state index in [0.717, 1.165) is 0 Å². The maximum Gasteiger partial charge on any atom is 0.199 e. The van der Waals surface area contributed by atoms with Crippen molar-refractivity contribution in [3.63, 3.8) is 0 Å². The summed E-state index contributed by atoms with van der Waals surface area (Å²) in [7, 11) is -3.44. The van der Waals surface area contributed by atoms with Crippen molar-refractivity contribution in [3.8, 4) is 0 Å². The van der Waals surface area contributed by atoms with Crippen molar-refractivity contribution in [2.45, 2.75) is 17.2 Å². The molecule has 0 N–H and O–H groups in total. The van der Waals surface area contributed by atoms with Crippen LogP contribution >= 0.6 is 11.6 Å². The monoisotopic (exact) mass is 259 g/mol. The van der Waals surface area contributed by atoms with Crippen molar-refractivity contribution in [1.29, 1.82) is 0 Å². The summed E-state index contributed by atoms with van der Waals surface area (Å²) in [4.78, 5) is 4.03. The number of hydrogen-bond donors (Lipinski definition) is 0. The van der Waals surface area contributed by atoms with Gasteiger partial charge >= 0.3 is 0 Å². The molecule has 2 aromatic rings. The Morgan fingerprint density at radius 2 is 2.25 bits per heavy atom. The van der Waals surface area contributed by atoms with E-state index >= 15 is 0 Å². The maximum absolute atomic E-state index is 12.0. The van der Waals surface area contributed by atoms with Gasteiger partial charge in [-0.3, -0.25) is 0 Å². The van der Waals surface area contributed by atoms with E-state index in [4.69, 9.17) is 11.6 Å². The van der Waals surface area contributed by atoms with Crippen LogP contribution in [0.2, 0.25) is 0 Å². The van der Waals surface area contributed by atoms with Gasteiger partial charge < -0.3 is 0 Å². The molecule has 5 nitrogen and oxygen atoms in total. The van der Waals surface area contributed by atoms with Gasteiger partial charge in [0, 0.05) is 18.1 Å². The molecular formula is C9H10ClN3O2S. The normalized spacial score (nSPS) is 14.1. The van der Waals surface area contributed by atoms with Gasteiger partial charge in [0.2, 0.25) is 0 Å². The minimum atomic E-state index is -3.44. The fraction of sp³-hybridized carbons (Fsp3) is 0.333. The Morgan fingerprint density at radius 3 is 2.94 bits per heavy atom. The van der Waals surface area contributed by atoms with E-state index in [2.05, 4.69) is 10.1 Å². The zero-order valence-corrected chi connectivity index (χ0v) is 10.1. The minimum absolute atomic E-state index is 0.0358. The molecule has 16 heavy (non-hydrogen) atoms. The van der Waals surface area contributed by atoms with E-state index in [1.54, 1.807) is 25.4 Å². The Labute approximate surface area is 98.0 Å². The van der Waals surface area contributed by atoms with Crippen LogP contribution in [0.5, 0.6) is 0 Å². The van der Waals surface area contributed by atoms with Gasteiger partial charge in [0.25, 0.3) is 0 Å². The largest absolute Gasteiger partial charge is 0.223 e. The van der Waals surface area contributed by atoms with E-state index < -0.39 is 15.1 Å². The molecule has 0 radical (unpaired) electrons. The number of rotatable bonds is 3. The number of nitrogens with zero attached hydrogens (tertiary/aromatic N) is 3. The fourth-order valence-corrected chi connectivity index (χ4v) is 2.79. The van der Waals surface area contributed by atoms with Crippen LogP contribution < -0.4 is 0 Å². The van der Waals surface area contributed by atoms with Crippen LogP contribution in [-0.2, 0) is 9.84 Å². The van der Waals surface area contributed by atoms with Crippen molar-refractivity contribution < 1.29 is 8.42 Å². The third-order valence-corrected chi connectivity index (χ3v) is 4.95. The highest BCUT2D eigenvalue weighted by Crippen LogP contribution is 2.15. The van der Waals surface area contributed by atoms with E-state index in [1.807, 2.05) is 0 Å². The molecule has 86 valence electrons. The molecule has 1 atom stereocenters. The molecule has 0 aliphatic rings. The molecule has 7 heteroatoms. The Balaban J connectivity index is 2.55. The Kier molecular flexibility index (Phi) is 2.86. The molecule has 2 aromatic heterocycles. The Hall–Kier alpha value is -1.14. The van der Waals surface area contributed by atoms with Crippen LogP contribution in [0.4, 0.5) is 0 Å². The van der Waals surface area contributed by atoms with Gasteiger partial charge in [-0.15, -0.1) is 11.6 Å². The predicted octanol–water partition coefficient (Wildman–Crippen LogP) is 1.13. The average molecular weight is 260 g/mol. The third-order valence-electron chi connectivity index (χ3n) is 2.27. The van der Waals surface area contributed by atoms with Crippen LogP contribution in [0.3, 0.4) is 0 Å². The molecule has 0 fully saturated rings. The molecule has 2 rings (SSSR count). The van der Waals surface area contributed by atoms with Crippen molar-refractivity contribution in [1.82, 2.24) is 14.6 Å². The molecule has 0 aliphatic heterocycles. The highest BCUT2D eigenvalue weighted by molar-refractivity contribution is 7.92. The molecule has 0 bridgehead atoms. The Bertz CT molecular complexity index is 608. The summed E-state index contributed by atoms with van der Waals surface area (Å²) >= 11 is 5.56.